The molecule has 0 saturated heterocycles. The molecule has 0 aliphatic heterocycles. The topological polar surface area (TPSA) is 73.2 Å². The van der Waals surface area contributed by atoms with Crippen LogP contribution in [0.3, 0.4) is 0 Å². The number of aryl methyl sites for hydroxylation is 1. The highest BCUT2D eigenvalue weighted by atomic mass is 35.5. The molecule has 1 N–H and O–H groups in total. The van der Waals surface area contributed by atoms with Gasteiger partial charge in [-0.2, -0.15) is 5.10 Å². The van der Waals surface area contributed by atoms with Crippen LogP contribution in [-0.4, -0.2) is 28.3 Å². The molecule has 6 nitrogen and oxygen atoms in total. The van der Waals surface area contributed by atoms with E-state index in [0.717, 1.165) is 5.56 Å². The van der Waals surface area contributed by atoms with Crippen LogP contribution < -0.4 is 5.32 Å². The zero-order valence-corrected chi connectivity index (χ0v) is 16.2. The summed E-state index contributed by atoms with van der Waals surface area (Å²) in [5, 5.41) is 7.60. The van der Waals surface area contributed by atoms with Gasteiger partial charge in [-0.15, -0.1) is 0 Å². The van der Waals surface area contributed by atoms with E-state index in [9.17, 15) is 14.0 Å². The van der Waals surface area contributed by atoms with E-state index in [1.54, 1.807) is 25.2 Å². The standard InChI is InChI=1S/C21H17ClFN3O3/c1-26-19(12-18(25-26)15-5-7-16(22)8-6-15)24-20(27)13-29-21(28)11-4-14-2-9-17(23)10-3-14/h2-12H,13H2,1H3,(H,24,27)/b11-4+. The molecular weight excluding hydrogens is 397 g/mol. The van der Waals surface area contributed by atoms with Gasteiger partial charge in [0.1, 0.15) is 11.6 Å². The third-order valence-electron chi connectivity index (χ3n) is 3.91. The fraction of sp³-hybridized carbons (Fsp3) is 0.0952. The Morgan fingerprint density at radius 3 is 2.55 bits per heavy atom. The molecule has 1 amide bonds. The van der Waals surface area contributed by atoms with Crippen molar-refractivity contribution in [2.24, 2.45) is 7.05 Å². The van der Waals surface area contributed by atoms with Crippen molar-refractivity contribution in [1.82, 2.24) is 9.78 Å². The number of rotatable bonds is 6. The number of hydrogen-bond acceptors (Lipinski definition) is 4. The van der Waals surface area contributed by atoms with Crippen molar-refractivity contribution in [3.05, 3.63) is 77.1 Å². The Morgan fingerprint density at radius 2 is 1.86 bits per heavy atom. The molecule has 0 saturated carbocycles. The van der Waals surface area contributed by atoms with Crippen LogP contribution in [0.15, 0.2) is 60.7 Å². The Kier molecular flexibility index (Phi) is 6.41. The second-order valence-corrected chi connectivity index (χ2v) is 6.52. The lowest BCUT2D eigenvalue weighted by Gasteiger charge is -2.05. The van der Waals surface area contributed by atoms with Gasteiger partial charge in [-0.3, -0.25) is 9.48 Å². The molecule has 0 radical (unpaired) electrons. The molecule has 0 bridgehead atoms. The lowest BCUT2D eigenvalue weighted by atomic mass is 10.1. The number of halogens is 2. The number of benzene rings is 2. The van der Waals surface area contributed by atoms with Gasteiger partial charge in [-0.1, -0.05) is 35.9 Å². The molecule has 3 aromatic rings. The van der Waals surface area contributed by atoms with Crippen LogP contribution in [-0.2, 0) is 21.4 Å². The minimum absolute atomic E-state index is 0.365. The zero-order chi connectivity index (χ0) is 20.8. The Labute approximate surface area is 171 Å². The van der Waals surface area contributed by atoms with Crippen molar-refractivity contribution in [1.29, 1.82) is 0 Å². The first kappa shape index (κ1) is 20.3. The van der Waals surface area contributed by atoms with E-state index in [1.165, 1.54) is 41.1 Å². The van der Waals surface area contributed by atoms with E-state index >= 15 is 0 Å². The molecule has 3 rings (SSSR count). The van der Waals surface area contributed by atoms with Crippen LogP contribution in [0.1, 0.15) is 5.56 Å². The number of ether oxygens (including phenoxy) is 1. The SMILES string of the molecule is Cn1nc(-c2ccc(Cl)cc2)cc1NC(=O)COC(=O)/C=C/c1ccc(F)cc1. The van der Waals surface area contributed by atoms with Gasteiger partial charge in [0, 0.05) is 29.8 Å². The fourth-order valence-electron chi connectivity index (χ4n) is 2.45. The lowest BCUT2D eigenvalue weighted by molar-refractivity contribution is -0.142. The highest BCUT2D eigenvalue weighted by molar-refractivity contribution is 6.30. The largest absolute Gasteiger partial charge is 0.452 e. The van der Waals surface area contributed by atoms with Crippen molar-refractivity contribution in [3.63, 3.8) is 0 Å². The van der Waals surface area contributed by atoms with Crippen LogP contribution in [0, 0.1) is 5.82 Å². The summed E-state index contributed by atoms with van der Waals surface area (Å²) in [5.41, 5.74) is 2.15. The highest BCUT2D eigenvalue weighted by Gasteiger charge is 2.11. The minimum atomic E-state index is -0.684. The molecule has 1 aromatic heterocycles. The molecule has 0 atom stereocenters. The van der Waals surface area contributed by atoms with E-state index in [0.29, 0.717) is 22.1 Å². The number of hydrogen-bond donors (Lipinski definition) is 1. The van der Waals surface area contributed by atoms with Crippen molar-refractivity contribution in [2.45, 2.75) is 0 Å². The minimum Gasteiger partial charge on any atom is -0.452 e. The van der Waals surface area contributed by atoms with Gasteiger partial charge >= 0.3 is 5.97 Å². The van der Waals surface area contributed by atoms with Gasteiger partial charge in [-0.05, 0) is 35.9 Å². The molecule has 148 valence electrons. The number of nitrogens with one attached hydrogen (secondary N) is 1. The van der Waals surface area contributed by atoms with Gasteiger partial charge in [0.05, 0.1) is 5.69 Å². The molecule has 0 fully saturated rings. The van der Waals surface area contributed by atoms with Gasteiger partial charge in [0.15, 0.2) is 6.61 Å². The molecule has 8 heteroatoms. The van der Waals surface area contributed by atoms with E-state index in [2.05, 4.69) is 10.4 Å². The second-order valence-electron chi connectivity index (χ2n) is 6.09. The summed E-state index contributed by atoms with van der Waals surface area (Å²) in [4.78, 5) is 23.8. The number of carbonyl (C=O) groups is 2. The summed E-state index contributed by atoms with van der Waals surface area (Å²) in [5.74, 6) is -1.09. The normalized spacial score (nSPS) is 10.9. The van der Waals surface area contributed by atoms with Crippen LogP contribution >= 0.6 is 11.6 Å². The molecule has 0 aliphatic carbocycles. The fourth-order valence-corrected chi connectivity index (χ4v) is 2.57. The molecule has 0 spiro atoms. The first-order chi connectivity index (χ1) is 13.9. The van der Waals surface area contributed by atoms with Crippen LogP contribution in [0.5, 0.6) is 0 Å². The summed E-state index contributed by atoms with van der Waals surface area (Å²) in [7, 11) is 1.69. The molecule has 2 aromatic carbocycles. The predicted molar refractivity (Wildman–Crippen MR) is 109 cm³/mol. The maximum absolute atomic E-state index is 12.8. The Hall–Kier alpha value is -3.45. The molecule has 29 heavy (non-hydrogen) atoms. The number of esters is 1. The second kappa shape index (κ2) is 9.16. The summed E-state index contributed by atoms with van der Waals surface area (Å²) in [6.45, 7) is -0.450. The Balaban J connectivity index is 1.53. The number of nitrogens with zero attached hydrogens (tertiary/aromatic N) is 2. The average molecular weight is 414 g/mol. The number of anilines is 1. The third-order valence-corrected chi connectivity index (χ3v) is 4.17. The zero-order valence-electron chi connectivity index (χ0n) is 15.4. The monoisotopic (exact) mass is 413 g/mol. The smallest absolute Gasteiger partial charge is 0.331 e. The number of carbonyl (C=O) groups excluding carboxylic acids is 2. The van der Waals surface area contributed by atoms with E-state index in [1.807, 2.05) is 12.1 Å². The van der Waals surface area contributed by atoms with E-state index < -0.39 is 18.5 Å². The summed E-state index contributed by atoms with van der Waals surface area (Å²) in [6, 6.07) is 14.5. The lowest BCUT2D eigenvalue weighted by Crippen LogP contribution is -2.21. The third kappa shape index (κ3) is 5.76. The predicted octanol–water partition coefficient (Wildman–Crippen LogP) is 4.07. The molecular formula is C21H17ClFN3O3. The summed E-state index contributed by atoms with van der Waals surface area (Å²) >= 11 is 5.88. The van der Waals surface area contributed by atoms with Crippen molar-refractivity contribution >= 4 is 35.4 Å². The summed E-state index contributed by atoms with van der Waals surface area (Å²) in [6.07, 6.45) is 2.64. The Bertz CT molecular complexity index is 1040. The molecule has 1 heterocycles. The Morgan fingerprint density at radius 1 is 1.17 bits per heavy atom. The number of amides is 1. The van der Waals surface area contributed by atoms with Crippen molar-refractivity contribution in [2.75, 3.05) is 11.9 Å². The van der Waals surface area contributed by atoms with Gasteiger partial charge in [0.2, 0.25) is 0 Å². The first-order valence-corrected chi connectivity index (χ1v) is 8.99. The maximum atomic E-state index is 12.8. The average Bonchev–Trinajstić information content (AvgIpc) is 3.06. The maximum Gasteiger partial charge on any atom is 0.331 e. The first-order valence-electron chi connectivity index (χ1n) is 8.61. The van der Waals surface area contributed by atoms with Crippen molar-refractivity contribution < 1.29 is 18.7 Å². The van der Waals surface area contributed by atoms with Crippen LogP contribution in [0.25, 0.3) is 17.3 Å². The highest BCUT2D eigenvalue weighted by Crippen LogP contribution is 2.23. The summed E-state index contributed by atoms with van der Waals surface area (Å²) < 4.78 is 19.3. The van der Waals surface area contributed by atoms with Crippen LogP contribution in [0.4, 0.5) is 10.2 Å². The van der Waals surface area contributed by atoms with Crippen LogP contribution in [0.2, 0.25) is 5.02 Å². The molecule has 0 aliphatic rings. The van der Waals surface area contributed by atoms with Gasteiger partial charge in [-0.25, -0.2) is 9.18 Å². The van der Waals surface area contributed by atoms with Gasteiger partial charge < -0.3 is 10.1 Å². The van der Waals surface area contributed by atoms with E-state index in [-0.39, 0.29) is 5.82 Å². The van der Waals surface area contributed by atoms with E-state index in [4.69, 9.17) is 16.3 Å². The quantitative estimate of drug-likeness (QED) is 0.488. The number of aromatic nitrogens is 2. The molecule has 0 unspecified atom stereocenters. The van der Waals surface area contributed by atoms with Gasteiger partial charge in [0.25, 0.3) is 5.91 Å². The van der Waals surface area contributed by atoms with Crippen molar-refractivity contribution in [3.8, 4) is 11.3 Å².